The van der Waals surface area contributed by atoms with E-state index in [1.807, 2.05) is 18.2 Å². The van der Waals surface area contributed by atoms with Crippen molar-refractivity contribution in [2.75, 3.05) is 18.5 Å². The molecule has 1 aromatic carbocycles. The Balaban J connectivity index is 2.24. The molecule has 0 aliphatic rings. The van der Waals surface area contributed by atoms with Gasteiger partial charge in [0.15, 0.2) is 5.75 Å². The normalized spacial score (nSPS) is 11.6. The number of fused-ring (bicyclic) bond motifs is 1. The zero-order valence-electron chi connectivity index (χ0n) is 21.9. The van der Waals surface area contributed by atoms with Gasteiger partial charge in [0.05, 0.1) is 12.1 Å². The number of aromatic nitrogens is 1. The van der Waals surface area contributed by atoms with Crippen molar-refractivity contribution in [3.05, 3.63) is 51.9 Å². The van der Waals surface area contributed by atoms with Gasteiger partial charge in [0.25, 0.3) is 5.56 Å². The third-order valence-corrected chi connectivity index (χ3v) is 6.03. The maximum Gasteiger partial charge on any atom is 0.297 e. The Morgan fingerprint density at radius 1 is 1.06 bits per heavy atom. The summed E-state index contributed by atoms with van der Waals surface area (Å²) in [6.45, 7) is 12.4. The number of hydrogen-bond donors (Lipinski definition) is 2. The molecule has 2 N–H and O–H groups in total. The second-order valence-corrected chi connectivity index (χ2v) is 9.38. The molecular weight excluding hydrogens is 424 g/mol. The predicted molar refractivity (Wildman–Crippen MR) is 145 cm³/mol. The second kappa shape index (κ2) is 14.5. The first kappa shape index (κ1) is 27.6. The average molecular weight is 469 g/mol. The molecular formula is C29H44N2O3. The topological polar surface area (TPSA) is 63.5 Å². The van der Waals surface area contributed by atoms with E-state index in [1.54, 1.807) is 4.57 Å². The minimum Gasteiger partial charge on any atom is -0.504 e. The van der Waals surface area contributed by atoms with E-state index in [0.29, 0.717) is 18.5 Å². The van der Waals surface area contributed by atoms with Gasteiger partial charge in [0.1, 0.15) is 0 Å². The Kier molecular flexibility index (Phi) is 11.8. The van der Waals surface area contributed by atoms with Crippen molar-refractivity contribution in [3.8, 4) is 11.5 Å². The highest BCUT2D eigenvalue weighted by Gasteiger charge is 2.18. The number of aryl methyl sites for hydroxylation is 1. The third-order valence-electron chi connectivity index (χ3n) is 6.03. The molecule has 2 rings (SSSR count). The van der Waals surface area contributed by atoms with E-state index in [2.05, 4.69) is 52.1 Å². The van der Waals surface area contributed by atoms with Crippen LogP contribution >= 0.6 is 0 Å². The molecule has 0 saturated carbocycles. The summed E-state index contributed by atoms with van der Waals surface area (Å²) in [5.74, 6) is 0.0283. The molecule has 0 bridgehead atoms. The molecule has 0 aliphatic heterocycles. The highest BCUT2D eigenvalue weighted by molar-refractivity contribution is 5.90. The van der Waals surface area contributed by atoms with Gasteiger partial charge in [-0.15, -0.1) is 0 Å². The SMILES string of the molecule is CCCCCCOc1c(O)c2ccc(NCC=C(C)CCC=C(C)C)cc2n(CCCC)c1=O. The Hall–Kier alpha value is -2.69. The zero-order chi connectivity index (χ0) is 24.9. The first-order valence-electron chi connectivity index (χ1n) is 12.9. The fourth-order valence-electron chi connectivity index (χ4n) is 3.93. The van der Waals surface area contributed by atoms with Crippen molar-refractivity contribution >= 4 is 16.6 Å². The maximum atomic E-state index is 13.2. The molecule has 0 atom stereocenters. The van der Waals surface area contributed by atoms with Gasteiger partial charge in [-0.2, -0.15) is 0 Å². The lowest BCUT2D eigenvalue weighted by Crippen LogP contribution is -2.23. The number of ether oxygens (including phenoxy) is 1. The van der Waals surface area contributed by atoms with Crippen molar-refractivity contribution in [1.29, 1.82) is 0 Å². The van der Waals surface area contributed by atoms with Crippen molar-refractivity contribution < 1.29 is 9.84 Å². The largest absolute Gasteiger partial charge is 0.504 e. The van der Waals surface area contributed by atoms with Crippen LogP contribution in [0.5, 0.6) is 11.5 Å². The standard InChI is InChI=1S/C29H44N2O3/c1-6-8-10-11-20-34-28-27(32)25-16-15-24(21-26(25)31(29(28)33)19-9-7-2)30-18-17-23(5)14-12-13-22(3)4/h13,15-17,21,30,32H,6-12,14,18-20H2,1-5H3. The number of pyridine rings is 1. The second-order valence-electron chi connectivity index (χ2n) is 9.38. The van der Waals surface area contributed by atoms with Crippen LogP contribution in [0.4, 0.5) is 5.69 Å². The molecule has 0 fully saturated rings. The molecule has 5 nitrogen and oxygen atoms in total. The predicted octanol–water partition coefficient (Wildman–Crippen LogP) is 7.57. The summed E-state index contributed by atoms with van der Waals surface area (Å²) < 4.78 is 7.56. The third kappa shape index (κ3) is 8.27. The monoisotopic (exact) mass is 468 g/mol. The van der Waals surface area contributed by atoms with Crippen molar-refractivity contribution in [3.63, 3.8) is 0 Å². The van der Waals surface area contributed by atoms with Gasteiger partial charge in [-0.05, 0) is 64.7 Å². The molecule has 5 heteroatoms. The number of anilines is 1. The average Bonchev–Trinajstić information content (AvgIpc) is 2.80. The quantitative estimate of drug-likeness (QED) is 0.209. The highest BCUT2D eigenvalue weighted by atomic mass is 16.5. The van der Waals surface area contributed by atoms with Crippen LogP contribution in [-0.4, -0.2) is 22.8 Å². The minimum atomic E-state index is -0.249. The van der Waals surface area contributed by atoms with E-state index in [9.17, 15) is 9.90 Å². The first-order valence-corrected chi connectivity index (χ1v) is 12.9. The van der Waals surface area contributed by atoms with Gasteiger partial charge in [0.2, 0.25) is 5.75 Å². The van der Waals surface area contributed by atoms with Gasteiger partial charge >= 0.3 is 0 Å². The molecule has 0 amide bonds. The molecule has 188 valence electrons. The van der Waals surface area contributed by atoms with E-state index in [-0.39, 0.29) is 17.1 Å². The number of rotatable bonds is 15. The van der Waals surface area contributed by atoms with Gasteiger partial charge in [-0.3, -0.25) is 4.79 Å². The van der Waals surface area contributed by atoms with E-state index in [0.717, 1.165) is 69.1 Å². The zero-order valence-corrected chi connectivity index (χ0v) is 21.9. The van der Waals surface area contributed by atoms with Crippen LogP contribution in [0.25, 0.3) is 10.9 Å². The first-order chi connectivity index (χ1) is 16.4. The summed E-state index contributed by atoms with van der Waals surface area (Å²) in [6, 6.07) is 5.79. The van der Waals surface area contributed by atoms with Gasteiger partial charge in [-0.25, -0.2) is 0 Å². The Bertz CT molecular complexity index is 1030. The number of hydrogen-bond acceptors (Lipinski definition) is 4. The molecule has 0 unspecified atom stereocenters. The van der Waals surface area contributed by atoms with E-state index in [1.165, 1.54) is 11.1 Å². The molecule has 1 aromatic heterocycles. The Labute approximate surface area is 205 Å². The van der Waals surface area contributed by atoms with E-state index in [4.69, 9.17) is 4.74 Å². The maximum absolute atomic E-state index is 13.2. The molecule has 0 radical (unpaired) electrons. The molecule has 34 heavy (non-hydrogen) atoms. The summed E-state index contributed by atoms with van der Waals surface area (Å²) in [6.07, 6.45) is 12.7. The van der Waals surface area contributed by atoms with Crippen molar-refractivity contribution in [2.45, 2.75) is 92.5 Å². The summed E-state index contributed by atoms with van der Waals surface area (Å²) >= 11 is 0. The van der Waals surface area contributed by atoms with Crippen LogP contribution in [0.2, 0.25) is 0 Å². The van der Waals surface area contributed by atoms with Gasteiger partial charge < -0.3 is 19.7 Å². The van der Waals surface area contributed by atoms with Crippen molar-refractivity contribution in [1.82, 2.24) is 4.57 Å². The summed E-state index contributed by atoms with van der Waals surface area (Å²) in [7, 11) is 0. The Morgan fingerprint density at radius 2 is 1.82 bits per heavy atom. The minimum absolute atomic E-state index is 0.0511. The summed E-state index contributed by atoms with van der Waals surface area (Å²) in [5, 5.41) is 15.0. The van der Waals surface area contributed by atoms with Crippen LogP contribution < -0.4 is 15.6 Å². The number of nitrogens with zero attached hydrogens (tertiary/aromatic N) is 1. The highest BCUT2D eigenvalue weighted by Crippen LogP contribution is 2.33. The molecule has 2 aromatic rings. The molecule has 1 heterocycles. The number of aromatic hydroxyl groups is 1. The van der Waals surface area contributed by atoms with Crippen LogP contribution in [0.15, 0.2) is 46.3 Å². The van der Waals surface area contributed by atoms with E-state index < -0.39 is 0 Å². The fraction of sp³-hybridized carbons (Fsp3) is 0.552. The van der Waals surface area contributed by atoms with Gasteiger partial charge in [0, 0.05) is 24.2 Å². The number of nitrogens with one attached hydrogen (secondary N) is 1. The lowest BCUT2D eigenvalue weighted by atomic mass is 10.1. The van der Waals surface area contributed by atoms with E-state index >= 15 is 0 Å². The Morgan fingerprint density at radius 3 is 2.53 bits per heavy atom. The summed E-state index contributed by atoms with van der Waals surface area (Å²) in [4.78, 5) is 13.2. The van der Waals surface area contributed by atoms with Crippen LogP contribution in [-0.2, 0) is 6.54 Å². The lowest BCUT2D eigenvalue weighted by molar-refractivity contribution is 0.284. The van der Waals surface area contributed by atoms with Crippen LogP contribution in [0, 0.1) is 0 Å². The molecule has 0 spiro atoms. The van der Waals surface area contributed by atoms with Gasteiger partial charge in [-0.1, -0.05) is 62.8 Å². The van der Waals surface area contributed by atoms with Crippen LogP contribution in [0.1, 0.15) is 86.0 Å². The van der Waals surface area contributed by atoms with Crippen LogP contribution in [0.3, 0.4) is 0 Å². The summed E-state index contributed by atoms with van der Waals surface area (Å²) in [5.41, 5.74) is 4.12. The smallest absolute Gasteiger partial charge is 0.297 e. The lowest BCUT2D eigenvalue weighted by Gasteiger charge is -2.16. The fourth-order valence-corrected chi connectivity index (χ4v) is 3.93. The van der Waals surface area contributed by atoms with Crippen molar-refractivity contribution in [2.24, 2.45) is 0 Å². The number of unbranched alkanes of at least 4 members (excludes halogenated alkanes) is 4. The number of allylic oxidation sites excluding steroid dienone is 3. The molecule has 0 saturated heterocycles. The number of benzene rings is 1. The molecule has 0 aliphatic carbocycles.